The van der Waals surface area contributed by atoms with Crippen LogP contribution in [0.4, 0.5) is 0 Å². The Kier molecular flexibility index (Phi) is 3.89. The molecule has 13 heavy (non-hydrogen) atoms. The van der Waals surface area contributed by atoms with Gasteiger partial charge in [0.25, 0.3) is 0 Å². The maximum absolute atomic E-state index is 9.49. The Bertz CT molecular complexity index is 238. The predicted molar refractivity (Wildman–Crippen MR) is 51.2 cm³/mol. The maximum Gasteiger partial charge on any atom is 0.0753 e. The van der Waals surface area contributed by atoms with Crippen LogP contribution in [0.25, 0.3) is 0 Å². The summed E-state index contributed by atoms with van der Waals surface area (Å²) in [7, 11) is 0. The summed E-state index contributed by atoms with van der Waals surface area (Å²) < 4.78 is 0. The third-order valence-electron chi connectivity index (χ3n) is 1.99. The van der Waals surface area contributed by atoms with E-state index in [1.54, 1.807) is 0 Å². The Morgan fingerprint density at radius 3 is 2.38 bits per heavy atom. The summed E-state index contributed by atoms with van der Waals surface area (Å²) in [6.07, 6.45) is -0.185. The van der Waals surface area contributed by atoms with Crippen LogP contribution in [-0.2, 0) is 6.42 Å². The van der Waals surface area contributed by atoms with Gasteiger partial charge in [0.05, 0.1) is 18.8 Å². The molecular weight excluding hydrogens is 166 g/mol. The van der Waals surface area contributed by atoms with Crippen molar-refractivity contribution >= 4 is 0 Å². The second-order valence-electron chi connectivity index (χ2n) is 3.10. The number of rotatable bonds is 4. The molecule has 72 valence electrons. The molecule has 0 fully saturated rings. The molecule has 0 amide bonds. The van der Waals surface area contributed by atoms with Gasteiger partial charge in [-0.3, -0.25) is 0 Å². The number of benzene rings is 1. The van der Waals surface area contributed by atoms with Crippen molar-refractivity contribution in [3.05, 3.63) is 35.9 Å². The van der Waals surface area contributed by atoms with E-state index in [4.69, 9.17) is 10.8 Å². The molecule has 4 N–H and O–H groups in total. The molecule has 3 heteroatoms. The standard InChI is InChI=1S/C10H15NO2/c11-9(7-12)10(13)6-8-4-2-1-3-5-8/h1-5,9-10,12-13H,6-7,11H2/t9-,10?/m0/s1. The minimum Gasteiger partial charge on any atom is -0.395 e. The van der Waals surface area contributed by atoms with Crippen LogP contribution in [0.1, 0.15) is 5.56 Å². The average Bonchev–Trinajstić information content (AvgIpc) is 2.18. The van der Waals surface area contributed by atoms with Crippen LogP contribution in [-0.4, -0.2) is 29.0 Å². The number of hydrogen-bond acceptors (Lipinski definition) is 3. The first kappa shape index (κ1) is 10.2. The molecule has 1 aromatic carbocycles. The van der Waals surface area contributed by atoms with E-state index in [2.05, 4.69) is 0 Å². The molecule has 0 spiro atoms. The highest BCUT2D eigenvalue weighted by atomic mass is 16.3. The second kappa shape index (κ2) is 4.97. The maximum atomic E-state index is 9.49. The van der Waals surface area contributed by atoms with E-state index in [-0.39, 0.29) is 6.61 Å². The lowest BCUT2D eigenvalue weighted by Crippen LogP contribution is -2.39. The van der Waals surface area contributed by atoms with Crippen molar-refractivity contribution in [3.8, 4) is 0 Å². The fourth-order valence-corrected chi connectivity index (χ4v) is 1.13. The fourth-order valence-electron chi connectivity index (χ4n) is 1.13. The number of aliphatic hydroxyl groups is 2. The highest BCUT2D eigenvalue weighted by molar-refractivity contribution is 5.15. The molecule has 0 aromatic heterocycles. The van der Waals surface area contributed by atoms with Gasteiger partial charge in [-0.15, -0.1) is 0 Å². The predicted octanol–water partition coefficient (Wildman–Crippen LogP) is -0.0904. The zero-order valence-corrected chi connectivity index (χ0v) is 7.43. The lowest BCUT2D eigenvalue weighted by molar-refractivity contribution is 0.109. The molecule has 1 rings (SSSR count). The van der Waals surface area contributed by atoms with E-state index in [1.165, 1.54) is 0 Å². The molecule has 2 atom stereocenters. The minimum atomic E-state index is -0.674. The van der Waals surface area contributed by atoms with E-state index in [0.29, 0.717) is 6.42 Å². The average molecular weight is 181 g/mol. The quantitative estimate of drug-likeness (QED) is 0.608. The van der Waals surface area contributed by atoms with Crippen LogP contribution in [0.2, 0.25) is 0 Å². The molecule has 0 radical (unpaired) electrons. The topological polar surface area (TPSA) is 66.5 Å². The SMILES string of the molecule is N[C@@H](CO)C(O)Cc1ccccc1. The number of hydrogen-bond donors (Lipinski definition) is 3. The monoisotopic (exact) mass is 181 g/mol. The van der Waals surface area contributed by atoms with Crippen molar-refractivity contribution in [3.63, 3.8) is 0 Å². The van der Waals surface area contributed by atoms with Gasteiger partial charge in [0.1, 0.15) is 0 Å². The first-order valence-corrected chi connectivity index (χ1v) is 4.32. The van der Waals surface area contributed by atoms with Gasteiger partial charge in [0.2, 0.25) is 0 Å². The first-order valence-electron chi connectivity index (χ1n) is 4.32. The molecule has 0 saturated heterocycles. The molecule has 0 aliphatic heterocycles. The molecular formula is C10H15NO2. The summed E-state index contributed by atoms with van der Waals surface area (Å²) in [6, 6.07) is 9.03. The minimum absolute atomic E-state index is 0.187. The van der Waals surface area contributed by atoms with Gasteiger partial charge >= 0.3 is 0 Å². The Morgan fingerprint density at radius 1 is 1.23 bits per heavy atom. The number of aliphatic hydroxyl groups excluding tert-OH is 2. The van der Waals surface area contributed by atoms with E-state index >= 15 is 0 Å². The summed E-state index contributed by atoms with van der Waals surface area (Å²) in [5.41, 5.74) is 6.49. The van der Waals surface area contributed by atoms with Crippen LogP contribution in [0.5, 0.6) is 0 Å². The molecule has 0 bridgehead atoms. The van der Waals surface area contributed by atoms with E-state index < -0.39 is 12.1 Å². The third kappa shape index (κ3) is 3.14. The summed E-state index contributed by atoms with van der Waals surface area (Å²) in [5, 5.41) is 18.2. The fraction of sp³-hybridized carbons (Fsp3) is 0.400. The highest BCUT2D eigenvalue weighted by Gasteiger charge is 2.13. The molecule has 3 nitrogen and oxygen atoms in total. The molecule has 0 aliphatic rings. The van der Waals surface area contributed by atoms with Crippen LogP contribution in [0.15, 0.2) is 30.3 Å². The van der Waals surface area contributed by atoms with E-state index in [1.807, 2.05) is 30.3 Å². The van der Waals surface area contributed by atoms with Gasteiger partial charge in [-0.1, -0.05) is 30.3 Å². The van der Waals surface area contributed by atoms with Crippen molar-refractivity contribution in [1.82, 2.24) is 0 Å². The van der Waals surface area contributed by atoms with Crippen LogP contribution >= 0.6 is 0 Å². The normalized spacial score (nSPS) is 15.3. The van der Waals surface area contributed by atoms with Crippen molar-refractivity contribution in [1.29, 1.82) is 0 Å². The van der Waals surface area contributed by atoms with Crippen LogP contribution in [0, 0.1) is 0 Å². The Morgan fingerprint density at radius 2 is 1.85 bits per heavy atom. The highest BCUT2D eigenvalue weighted by Crippen LogP contribution is 2.04. The van der Waals surface area contributed by atoms with Gasteiger partial charge in [0.15, 0.2) is 0 Å². The van der Waals surface area contributed by atoms with Crippen molar-refractivity contribution < 1.29 is 10.2 Å². The third-order valence-corrected chi connectivity index (χ3v) is 1.99. The van der Waals surface area contributed by atoms with Gasteiger partial charge in [0, 0.05) is 0 Å². The van der Waals surface area contributed by atoms with Gasteiger partial charge < -0.3 is 15.9 Å². The first-order chi connectivity index (χ1) is 6.24. The zero-order valence-electron chi connectivity index (χ0n) is 7.43. The second-order valence-corrected chi connectivity index (χ2v) is 3.10. The summed E-state index contributed by atoms with van der Waals surface area (Å²) in [4.78, 5) is 0. The van der Waals surface area contributed by atoms with Crippen molar-refractivity contribution in [2.45, 2.75) is 18.6 Å². The largest absolute Gasteiger partial charge is 0.395 e. The molecule has 1 unspecified atom stereocenters. The van der Waals surface area contributed by atoms with Gasteiger partial charge in [-0.2, -0.15) is 0 Å². The van der Waals surface area contributed by atoms with Crippen LogP contribution < -0.4 is 5.73 Å². The van der Waals surface area contributed by atoms with E-state index in [0.717, 1.165) is 5.56 Å². The van der Waals surface area contributed by atoms with Gasteiger partial charge in [-0.25, -0.2) is 0 Å². The van der Waals surface area contributed by atoms with E-state index in [9.17, 15) is 5.11 Å². The van der Waals surface area contributed by atoms with Gasteiger partial charge in [-0.05, 0) is 12.0 Å². The lowest BCUT2D eigenvalue weighted by Gasteiger charge is -2.16. The Hall–Kier alpha value is -0.900. The summed E-state index contributed by atoms with van der Waals surface area (Å²) >= 11 is 0. The summed E-state index contributed by atoms with van der Waals surface area (Å²) in [6.45, 7) is -0.187. The molecule has 0 aliphatic carbocycles. The molecule has 0 saturated carbocycles. The Labute approximate surface area is 77.8 Å². The lowest BCUT2D eigenvalue weighted by atomic mass is 10.0. The van der Waals surface area contributed by atoms with Crippen molar-refractivity contribution in [2.75, 3.05) is 6.61 Å². The van der Waals surface area contributed by atoms with Crippen molar-refractivity contribution in [2.24, 2.45) is 5.73 Å². The van der Waals surface area contributed by atoms with Crippen LogP contribution in [0.3, 0.4) is 0 Å². The zero-order chi connectivity index (χ0) is 9.68. The molecule has 1 aromatic rings. The molecule has 0 heterocycles. The Balaban J connectivity index is 2.50. The number of nitrogens with two attached hydrogens (primary N) is 1. The smallest absolute Gasteiger partial charge is 0.0753 e. The summed E-state index contributed by atoms with van der Waals surface area (Å²) in [5.74, 6) is 0.